The second-order valence-corrected chi connectivity index (χ2v) is 3.58. The molecule has 0 aromatic rings. The van der Waals surface area contributed by atoms with Gasteiger partial charge in [0.25, 0.3) is 0 Å². The van der Waals surface area contributed by atoms with Gasteiger partial charge in [-0.1, -0.05) is 13.8 Å². The zero-order valence-electron chi connectivity index (χ0n) is 8.71. The Kier molecular flexibility index (Phi) is 3.29. The minimum absolute atomic E-state index is 0.232. The van der Waals surface area contributed by atoms with Crippen molar-refractivity contribution in [2.45, 2.75) is 38.3 Å². The Bertz CT molecular complexity index is 199. The van der Waals surface area contributed by atoms with Crippen molar-refractivity contribution in [3.63, 3.8) is 0 Å². The smallest absolute Gasteiger partial charge is 0.114 e. The Hall–Kier alpha value is -0.590. The minimum atomic E-state index is -0.232. The molecular weight excluding hydrogens is 164 g/mol. The number of nitrogens with zero attached hydrogens (tertiary/aromatic N) is 2. The minimum Gasteiger partial charge on any atom is -0.381 e. The van der Waals surface area contributed by atoms with E-state index >= 15 is 0 Å². The Morgan fingerprint density at radius 3 is 2.31 bits per heavy atom. The molecule has 1 saturated carbocycles. The summed E-state index contributed by atoms with van der Waals surface area (Å²) in [5.41, 5.74) is -0.232. The van der Waals surface area contributed by atoms with Gasteiger partial charge in [-0.25, -0.2) is 0 Å². The summed E-state index contributed by atoms with van der Waals surface area (Å²) < 4.78 is 5.20. The van der Waals surface area contributed by atoms with Crippen molar-refractivity contribution in [3.8, 4) is 6.07 Å². The Morgan fingerprint density at radius 2 is 2.00 bits per heavy atom. The van der Waals surface area contributed by atoms with Gasteiger partial charge in [-0.3, -0.25) is 4.90 Å². The summed E-state index contributed by atoms with van der Waals surface area (Å²) in [4.78, 5) is 2.22. The highest BCUT2D eigenvalue weighted by Crippen LogP contribution is 2.38. The van der Waals surface area contributed by atoms with E-state index in [0.717, 1.165) is 25.9 Å². The average Bonchev–Trinajstić information content (AvgIpc) is 2.10. The zero-order chi connectivity index (χ0) is 9.90. The van der Waals surface area contributed by atoms with E-state index in [1.54, 1.807) is 7.11 Å². The summed E-state index contributed by atoms with van der Waals surface area (Å²) in [7, 11) is 1.72. The second-order valence-electron chi connectivity index (χ2n) is 3.58. The van der Waals surface area contributed by atoms with Gasteiger partial charge in [0.1, 0.15) is 5.54 Å². The summed E-state index contributed by atoms with van der Waals surface area (Å²) in [5, 5.41) is 9.14. The number of ether oxygens (including phenoxy) is 1. The maximum atomic E-state index is 9.14. The van der Waals surface area contributed by atoms with Gasteiger partial charge in [0.15, 0.2) is 0 Å². The van der Waals surface area contributed by atoms with Gasteiger partial charge in [0.2, 0.25) is 0 Å². The van der Waals surface area contributed by atoms with E-state index in [0.29, 0.717) is 6.10 Å². The third-order valence-electron chi connectivity index (χ3n) is 3.04. The SMILES string of the molecule is CCN(CC)C1(C#N)CC(OC)C1. The first-order chi connectivity index (χ1) is 6.22. The van der Waals surface area contributed by atoms with E-state index in [-0.39, 0.29) is 5.54 Å². The van der Waals surface area contributed by atoms with Gasteiger partial charge in [-0.05, 0) is 13.1 Å². The molecular formula is C10H18N2O. The summed E-state index contributed by atoms with van der Waals surface area (Å²) in [6.45, 7) is 6.09. The average molecular weight is 182 g/mol. The maximum Gasteiger partial charge on any atom is 0.114 e. The van der Waals surface area contributed by atoms with Crippen LogP contribution in [0.1, 0.15) is 26.7 Å². The normalized spacial score (nSPS) is 32.7. The van der Waals surface area contributed by atoms with Gasteiger partial charge in [0, 0.05) is 20.0 Å². The lowest BCUT2D eigenvalue weighted by Crippen LogP contribution is -2.58. The molecule has 1 aliphatic rings. The number of methoxy groups -OCH3 is 1. The molecule has 0 heterocycles. The van der Waals surface area contributed by atoms with Gasteiger partial charge in [0.05, 0.1) is 12.2 Å². The first kappa shape index (κ1) is 10.5. The summed E-state index contributed by atoms with van der Waals surface area (Å²) in [6.07, 6.45) is 2.02. The fourth-order valence-corrected chi connectivity index (χ4v) is 2.11. The molecule has 3 nitrogen and oxygen atoms in total. The highest BCUT2D eigenvalue weighted by Gasteiger charge is 2.48. The molecule has 0 radical (unpaired) electrons. The second kappa shape index (κ2) is 4.08. The van der Waals surface area contributed by atoms with Crippen LogP contribution in [-0.2, 0) is 4.74 Å². The molecule has 0 N–H and O–H groups in total. The molecule has 0 amide bonds. The van der Waals surface area contributed by atoms with Crippen LogP contribution in [0.3, 0.4) is 0 Å². The lowest BCUT2D eigenvalue weighted by Gasteiger charge is -2.48. The van der Waals surface area contributed by atoms with E-state index in [2.05, 4.69) is 24.8 Å². The number of nitriles is 1. The lowest BCUT2D eigenvalue weighted by molar-refractivity contribution is -0.0594. The monoisotopic (exact) mass is 182 g/mol. The van der Waals surface area contributed by atoms with Crippen molar-refractivity contribution >= 4 is 0 Å². The van der Waals surface area contributed by atoms with Crippen LogP contribution in [0.5, 0.6) is 0 Å². The predicted molar refractivity (Wildman–Crippen MR) is 51.3 cm³/mol. The van der Waals surface area contributed by atoms with Gasteiger partial charge < -0.3 is 4.74 Å². The summed E-state index contributed by atoms with van der Waals surface area (Å²) in [5.74, 6) is 0. The van der Waals surface area contributed by atoms with Gasteiger partial charge in [-0.15, -0.1) is 0 Å². The Labute approximate surface area is 80.3 Å². The largest absolute Gasteiger partial charge is 0.381 e. The molecule has 0 aliphatic heterocycles. The Morgan fingerprint density at radius 1 is 1.46 bits per heavy atom. The van der Waals surface area contributed by atoms with Crippen LogP contribution >= 0.6 is 0 Å². The maximum absolute atomic E-state index is 9.14. The van der Waals surface area contributed by atoms with Crippen molar-refractivity contribution in [1.29, 1.82) is 5.26 Å². The molecule has 3 heteroatoms. The van der Waals surface area contributed by atoms with Crippen LogP contribution in [0, 0.1) is 11.3 Å². The quantitative estimate of drug-likeness (QED) is 0.659. The molecule has 0 aromatic heterocycles. The molecule has 0 aromatic carbocycles. The molecule has 74 valence electrons. The van der Waals surface area contributed by atoms with Crippen molar-refractivity contribution in [3.05, 3.63) is 0 Å². The molecule has 13 heavy (non-hydrogen) atoms. The van der Waals surface area contributed by atoms with Crippen LogP contribution in [0.2, 0.25) is 0 Å². The van der Waals surface area contributed by atoms with Crippen LogP contribution in [0.15, 0.2) is 0 Å². The predicted octanol–water partition coefficient (Wildman–Crippen LogP) is 1.40. The van der Waals surface area contributed by atoms with E-state index in [9.17, 15) is 0 Å². The summed E-state index contributed by atoms with van der Waals surface area (Å²) in [6, 6.07) is 2.43. The number of hydrogen-bond acceptors (Lipinski definition) is 3. The lowest BCUT2D eigenvalue weighted by atomic mass is 9.74. The molecule has 0 bridgehead atoms. The van der Waals surface area contributed by atoms with Crippen molar-refractivity contribution in [2.75, 3.05) is 20.2 Å². The third-order valence-corrected chi connectivity index (χ3v) is 3.04. The zero-order valence-corrected chi connectivity index (χ0v) is 8.71. The Balaban J connectivity index is 2.59. The van der Waals surface area contributed by atoms with Crippen LogP contribution in [-0.4, -0.2) is 36.7 Å². The standard InChI is InChI=1S/C10H18N2O/c1-4-12(5-2)10(8-11)6-9(7-10)13-3/h9H,4-7H2,1-3H3. The van der Waals surface area contributed by atoms with Gasteiger partial charge >= 0.3 is 0 Å². The molecule has 0 unspecified atom stereocenters. The molecule has 1 fully saturated rings. The fraction of sp³-hybridized carbons (Fsp3) is 0.900. The van der Waals surface area contributed by atoms with E-state index in [1.165, 1.54) is 0 Å². The van der Waals surface area contributed by atoms with Crippen molar-refractivity contribution in [1.82, 2.24) is 4.90 Å². The third kappa shape index (κ3) is 1.70. The van der Waals surface area contributed by atoms with Crippen molar-refractivity contribution < 1.29 is 4.74 Å². The van der Waals surface area contributed by atoms with Crippen LogP contribution in [0.4, 0.5) is 0 Å². The molecule has 0 saturated heterocycles. The molecule has 0 spiro atoms. The fourth-order valence-electron chi connectivity index (χ4n) is 2.11. The molecule has 1 rings (SSSR count). The van der Waals surface area contributed by atoms with E-state index in [4.69, 9.17) is 10.00 Å². The number of rotatable bonds is 4. The first-order valence-corrected chi connectivity index (χ1v) is 4.91. The highest BCUT2D eigenvalue weighted by molar-refractivity contribution is 5.17. The topological polar surface area (TPSA) is 36.3 Å². The number of hydrogen-bond donors (Lipinski definition) is 0. The highest BCUT2D eigenvalue weighted by atomic mass is 16.5. The van der Waals surface area contributed by atoms with Gasteiger partial charge in [-0.2, -0.15) is 5.26 Å². The van der Waals surface area contributed by atoms with E-state index in [1.807, 2.05) is 0 Å². The van der Waals surface area contributed by atoms with Crippen LogP contribution < -0.4 is 0 Å². The van der Waals surface area contributed by atoms with E-state index < -0.39 is 0 Å². The van der Waals surface area contributed by atoms with Crippen LogP contribution in [0.25, 0.3) is 0 Å². The summed E-state index contributed by atoms with van der Waals surface area (Å²) >= 11 is 0. The van der Waals surface area contributed by atoms with Crippen molar-refractivity contribution in [2.24, 2.45) is 0 Å². The molecule has 0 atom stereocenters. The first-order valence-electron chi connectivity index (χ1n) is 4.91. The molecule has 1 aliphatic carbocycles.